The molecule has 1 atom stereocenters. The summed E-state index contributed by atoms with van der Waals surface area (Å²) in [5, 5.41) is 9.57. The van der Waals surface area contributed by atoms with Gasteiger partial charge < -0.3 is 16.0 Å². The highest BCUT2D eigenvalue weighted by atomic mass is 127. The zero-order chi connectivity index (χ0) is 20.6. The summed E-state index contributed by atoms with van der Waals surface area (Å²) < 4.78 is 1.13. The molecule has 3 rings (SSSR count). The van der Waals surface area contributed by atoms with E-state index in [-0.39, 0.29) is 11.2 Å². The van der Waals surface area contributed by atoms with E-state index in [1.807, 2.05) is 85.8 Å². The van der Waals surface area contributed by atoms with E-state index in [1.165, 1.54) is 11.8 Å². The van der Waals surface area contributed by atoms with E-state index in [4.69, 9.17) is 12.2 Å². The first kappa shape index (κ1) is 21.6. The molecule has 0 saturated heterocycles. The van der Waals surface area contributed by atoms with E-state index in [0.29, 0.717) is 5.11 Å². The average Bonchev–Trinajstić information content (AvgIpc) is 2.70. The van der Waals surface area contributed by atoms with Gasteiger partial charge in [0, 0.05) is 25.5 Å². The smallest absolute Gasteiger partial charge is 0.237 e. The van der Waals surface area contributed by atoms with Crippen molar-refractivity contribution in [1.29, 1.82) is 0 Å². The summed E-state index contributed by atoms with van der Waals surface area (Å²) in [7, 11) is 0. The number of hydrogen-bond donors (Lipinski definition) is 3. The van der Waals surface area contributed by atoms with Gasteiger partial charge >= 0.3 is 0 Å². The van der Waals surface area contributed by atoms with Gasteiger partial charge in [0.1, 0.15) is 0 Å². The zero-order valence-corrected chi connectivity index (χ0v) is 19.5. The molecule has 0 aromatic heterocycles. The van der Waals surface area contributed by atoms with E-state index in [9.17, 15) is 4.79 Å². The Morgan fingerprint density at radius 1 is 0.862 bits per heavy atom. The first-order valence-corrected chi connectivity index (χ1v) is 11.3. The lowest BCUT2D eigenvalue weighted by Crippen LogP contribution is -2.22. The number of nitrogens with one attached hydrogen (secondary N) is 3. The molecule has 0 spiro atoms. The van der Waals surface area contributed by atoms with Crippen molar-refractivity contribution in [2.45, 2.75) is 17.1 Å². The summed E-state index contributed by atoms with van der Waals surface area (Å²) in [6.45, 7) is 1.90. The maximum Gasteiger partial charge on any atom is 0.237 e. The van der Waals surface area contributed by atoms with Gasteiger partial charge in [-0.2, -0.15) is 0 Å². The maximum absolute atomic E-state index is 12.5. The van der Waals surface area contributed by atoms with Gasteiger partial charge in [0.15, 0.2) is 5.11 Å². The van der Waals surface area contributed by atoms with Crippen LogP contribution >= 0.6 is 46.6 Å². The third-order valence-corrected chi connectivity index (χ3v) is 5.93. The van der Waals surface area contributed by atoms with Gasteiger partial charge in [0.05, 0.1) is 5.25 Å². The number of carbonyl (C=O) groups is 1. The summed E-state index contributed by atoms with van der Waals surface area (Å²) in [6.07, 6.45) is 0. The highest BCUT2D eigenvalue weighted by Crippen LogP contribution is 2.27. The fourth-order valence-corrected chi connectivity index (χ4v) is 4.02. The van der Waals surface area contributed by atoms with E-state index >= 15 is 0 Å². The maximum atomic E-state index is 12.5. The monoisotopic (exact) mass is 533 g/mol. The molecule has 7 heteroatoms. The summed E-state index contributed by atoms with van der Waals surface area (Å²) in [6, 6.07) is 25.4. The molecule has 4 nitrogen and oxygen atoms in total. The number of benzene rings is 3. The lowest BCUT2D eigenvalue weighted by Gasteiger charge is -2.14. The predicted molar refractivity (Wildman–Crippen MR) is 136 cm³/mol. The third-order valence-electron chi connectivity index (χ3n) is 3.92. The number of thiocarbonyl (C=S) groups is 1. The number of hydrogen-bond acceptors (Lipinski definition) is 3. The number of rotatable bonds is 6. The Kier molecular flexibility index (Phi) is 7.91. The quantitative estimate of drug-likeness (QED) is 0.200. The second kappa shape index (κ2) is 10.6. The molecular weight excluding hydrogens is 513 g/mol. The molecule has 0 aliphatic heterocycles. The molecule has 148 valence electrons. The molecule has 0 saturated carbocycles. The van der Waals surface area contributed by atoms with Crippen LogP contribution < -0.4 is 16.0 Å². The van der Waals surface area contributed by atoms with Crippen LogP contribution in [0.2, 0.25) is 0 Å². The number of halogens is 1. The van der Waals surface area contributed by atoms with Gasteiger partial charge in [-0.3, -0.25) is 4.79 Å². The lowest BCUT2D eigenvalue weighted by molar-refractivity contribution is -0.115. The highest BCUT2D eigenvalue weighted by molar-refractivity contribution is 14.1. The first-order valence-electron chi connectivity index (χ1n) is 8.96. The fourth-order valence-electron chi connectivity index (χ4n) is 2.50. The average molecular weight is 533 g/mol. The minimum absolute atomic E-state index is 0.0316. The van der Waals surface area contributed by atoms with Crippen molar-refractivity contribution in [1.82, 2.24) is 0 Å². The molecule has 0 heterocycles. The van der Waals surface area contributed by atoms with Crippen LogP contribution in [0.25, 0.3) is 0 Å². The van der Waals surface area contributed by atoms with E-state index in [2.05, 4.69) is 38.5 Å². The Hall–Kier alpha value is -2.10. The Morgan fingerprint density at radius 3 is 2.21 bits per heavy atom. The molecule has 3 aromatic carbocycles. The van der Waals surface area contributed by atoms with Crippen LogP contribution in [0.1, 0.15) is 6.92 Å². The van der Waals surface area contributed by atoms with Crippen molar-refractivity contribution >= 4 is 74.7 Å². The molecule has 0 aliphatic rings. The second-order valence-electron chi connectivity index (χ2n) is 6.23. The van der Waals surface area contributed by atoms with Gasteiger partial charge in [-0.05, 0) is 96.3 Å². The molecular formula is C22H20IN3OS2. The molecule has 0 fully saturated rings. The Labute approximate surface area is 194 Å². The Balaban J connectivity index is 1.56. The highest BCUT2D eigenvalue weighted by Gasteiger charge is 2.15. The van der Waals surface area contributed by atoms with Crippen molar-refractivity contribution in [3.63, 3.8) is 0 Å². The molecule has 0 radical (unpaired) electrons. The van der Waals surface area contributed by atoms with Gasteiger partial charge in [-0.15, -0.1) is 11.8 Å². The van der Waals surface area contributed by atoms with Crippen molar-refractivity contribution < 1.29 is 4.79 Å². The van der Waals surface area contributed by atoms with Crippen LogP contribution in [0.4, 0.5) is 17.1 Å². The normalized spacial score (nSPS) is 11.4. The van der Waals surface area contributed by atoms with E-state index in [1.54, 1.807) is 0 Å². The first-order chi connectivity index (χ1) is 14.0. The van der Waals surface area contributed by atoms with E-state index < -0.39 is 0 Å². The molecule has 1 unspecified atom stereocenters. The van der Waals surface area contributed by atoms with Crippen LogP contribution in [0, 0.1) is 3.57 Å². The molecule has 3 N–H and O–H groups in total. The van der Waals surface area contributed by atoms with Crippen molar-refractivity contribution in [2.24, 2.45) is 0 Å². The van der Waals surface area contributed by atoms with Crippen molar-refractivity contribution in [3.05, 3.63) is 82.4 Å². The fraction of sp³-hybridized carbons (Fsp3) is 0.0909. The minimum Gasteiger partial charge on any atom is -0.332 e. The van der Waals surface area contributed by atoms with E-state index in [0.717, 1.165) is 25.5 Å². The molecule has 3 aromatic rings. The van der Waals surface area contributed by atoms with Gasteiger partial charge in [-0.1, -0.05) is 24.3 Å². The predicted octanol–water partition coefficient (Wildman–Crippen LogP) is 6.22. The summed E-state index contributed by atoms with van der Waals surface area (Å²) in [4.78, 5) is 13.5. The standard InChI is InChI=1S/C22H20IN3OS2/c1-15(21(27)24-18-12-10-16(23)11-13-18)29-20-9-5-8-19(14-20)26-22(28)25-17-6-3-2-4-7-17/h2-15H,1H3,(H,24,27)(H2,25,26,28). The largest absolute Gasteiger partial charge is 0.332 e. The Morgan fingerprint density at radius 2 is 1.48 bits per heavy atom. The number of para-hydroxylation sites is 1. The van der Waals surface area contributed by atoms with Crippen molar-refractivity contribution in [2.75, 3.05) is 16.0 Å². The summed E-state index contributed by atoms with van der Waals surface area (Å²) in [5.74, 6) is -0.0316. The number of amides is 1. The molecule has 0 aliphatic carbocycles. The number of carbonyl (C=O) groups excluding carboxylic acids is 1. The zero-order valence-electron chi connectivity index (χ0n) is 15.7. The van der Waals surface area contributed by atoms with Crippen LogP contribution in [0.5, 0.6) is 0 Å². The lowest BCUT2D eigenvalue weighted by atomic mass is 10.3. The van der Waals surface area contributed by atoms with Gasteiger partial charge in [0.2, 0.25) is 5.91 Å². The summed E-state index contributed by atoms with van der Waals surface area (Å²) in [5.41, 5.74) is 2.60. The minimum atomic E-state index is -0.237. The Bertz CT molecular complexity index is 981. The molecule has 1 amide bonds. The topological polar surface area (TPSA) is 53.2 Å². The SMILES string of the molecule is CC(Sc1cccc(NC(=S)Nc2ccccc2)c1)C(=O)Nc1ccc(I)cc1. The van der Waals surface area contributed by atoms with Crippen LogP contribution in [-0.2, 0) is 4.79 Å². The van der Waals surface area contributed by atoms with Crippen LogP contribution in [0.15, 0.2) is 83.8 Å². The van der Waals surface area contributed by atoms with Gasteiger partial charge in [0.25, 0.3) is 0 Å². The van der Waals surface area contributed by atoms with Crippen LogP contribution in [0.3, 0.4) is 0 Å². The third kappa shape index (κ3) is 7.02. The summed E-state index contributed by atoms with van der Waals surface area (Å²) >= 11 is 9.12. The second-order valence-corrected chi connectivity index (χ2v) is 9.30. The van der Waals surface area contributed by atoms with Crippen molar-refractivity contribution in [3.8, 4) is 0 Å². The number of thioether (sulfide) groups is 1. The van der Waals surface area contributed by atoms with Crippen LogP contribution in [-0.4, -0.2) is 16.3 Å². The van der Waals surface area contributed by atoms with Gasteiger partial charge in [-0.25, -0.2) is 0 Å². The number of anilines is 3. The molecule has 29 heavy (non-hydrogen) atoms. The molecule has 0 bridgehead atoms.